The number of nitrogens with zero attached hydrogens (tertiary/aromatic N) is 3. The van der Waals surface area contributed by atoms with Crippen molar-refractivity contribution in [2.75, 3.05) is 18.5 Å². The van der Waals surface area contributed by atoms with Gasteiger partial charge in [-0.3, -0.25) is 0 Å². The van der Waals surface area contributed by atoms with E-state index in [9.17, 15) is 0 Å². The molecule has 0 aliphatic rings. The normalized spacial score (nSPS) is 10.5. The second-order valence-corrected chi connectivity index (χ2v) is 4.24. The van der Waals surface area contributed by atoms with Crippen LogP contribution in [0.4, 0.5) is 5.82 Å². The first-order valence-corrected chi connectivity index (χ1v) is 5.19. The van der Waals surface area contributed by atoms with Crippen LogP contribution in [0.1, 0.15) is 32.5 Å². The first kappa shape index (κ1) is 11.7. The number of likely N-dealkylation sites (N-methyl/N-ethyl adjacent to an activating group) is 1. The highest BCUT2D eigenvalue weighted by Gasteiger charge is 2.06. The van der Waals surface area contributed by atoms with Gasteiger partial charge in [0.2, 0.25) is 0 Å². The summed E-state index contributed by atoms with van der Waals surface area (Å²) in [5.74, 6) is 2.21. The Morgan fingerprint density at radius 2 is 2.20 bits per heavy atom. The minimum atomic E-state index is 0.364. The number of hydrogen-bond donors (Lipinski definition) is 0. The summed E-state index contributed by atoms with van der Waals surface area (Å²) in [5, 5.41) is 0. The Balaban J connectivity index is 2.85. The Bertz CT molecular complexity index is 344. The molecule has 1 rings (SSSR count). The number of aromatic nitrogens is 2. The molecule has 0 saturated heterocycles. The van der Waals surface area contributed by atoms with Gasteiger partial charge in [-0.25, -0.2) is 9.97 Å². The highest BCUT2D eigenvalue weighted by molar-refractivity contribution is 5.38. The van der Waals surface area contributed by atoms with Gasteiger partial charge in [-0.05, 0) is 13.0 Å². The van der Waals surface area contributed by atoms with Crippen LogP contribution < -0.4 is 4.90 Å². The van der Waals surface area contributed by atoms with Gasteiger partial charge in [0.1, 0.15) is 11.6 Å². The lowest BCUT2D eigenvalue weighted by Crippen LogP contribution is -2.20. The highest BCUT2D eigenvalue weighted by atomic mass is 15.2. The molecule has 82 valence electrons. The van der Waals surface area contributed by atoms with E-state index in [-0.39, 0.29) is 0 Å². The molecule has 0 radical (unpaired) electrons. The fraction of sp³-hybridized carbons (Fsp3) is 0.500. The second kappa shape index (κ2) is 4.91. The van der Waals surface area contributed by atoms with Crippen molar-refractivity contribution < 1.29 is 0 Å². The van der Waals surface area contributed by atoms with Crippen LogP contribution in [0.5, 0.6) is 0 Å². The lowest BCUT2D eigenvalue weighted by molar-refractivity contribution is 0.766. The average Bonchev–Trinajstić information content (AvgIpc) is 2.17. The van der Waals surface area contributed by atoms with Crippen LogP contribution in [0.25, 0.3) is 0 Å². The van der Waals surface area contributed by atoms with E-state index in [0.717, 1.165) is 23.8 Å². The van der Waals surface area contributed by atoms with Crippen molar-refractivity contribution in [3.05, 3.63) is 30.2 Å². The molecule has 0 bridgehead atoms. The molecule has 0 aromatic carbocycles. The van der Waals surface area contributed by atoms with E-state index < -0.39 is 0 Å². The summed E-state index contributed by atoms with van der Waals surface area (Å²) >= 11 is 0. The number of anilines is 1. The highest BCUT2D eigenvalue weighted by Crippen LogP contribution is 2.14. The molecule has 0 N–H and O–H groups in total. The predicted octanol–water partition coefficient (Wildman–Crippen LogP) is 2.61. The van der Waals surface area contributed by atoms with Crippen LogP contribution in [0, 0.1) is 0 Å². The number of rotatable bonds is 4. The minimum Gasteiger partial charge on any atom is -0.356 e. The maximum Gasteiger partial charge on any atom is 0.133 e. The monoisotopic (exact) mass is 205 g/mol. The van der Waals surface area contributed by atoms with E-state index >= 15 is 0 Å². The topological polar surface area (TPSA) is 29.0 Å². The SMILES string of the molecule is C=C(C)CN(C)c1ccnc(C(C)C)n1. The third kappa shape index (κ3) is 3.35. The largest absolute Gasteiger partial charge is 0.356 e. The Labute approximate surface area is 91.9 Å². The lowest BCUT2D eigenvalue weighted by Gasteiger charge is -2.18. The summed E-state index contributed by atoms with van der Waals surface area (Å²) in [4.78, 5) is 10.8. The fourth-order valence-corrected chi connectivity index (χ4v) is 1.34. The number of hydrogen-bond acceptors (Lipinski definition) is 3. The van der Waals surface area contributed by atoms with E-state index in [1.54, 1.807) is 0 Å². The Kier molecular flexibility index (Phi) is 3.83. The van der Waals surface area contributed by atoms with Crippen molar-refractivity contribution in [3.8, 4) is 0 Å². The van der Waals surface area contributed by atoms with Crippen LogP contribution in [-0.4, -0.2) is 23.6 Å². The summed E-state index contributed by atoms with van der Waals surface area (Å²) in [5.41, 5.74) is 1.13. The van der Waals surface area contributed by atoms with Gasteiger partial charge < -0.3 is 4.90 Å². The zero-order valence-electron chi connectivity index (χ0n) is 9.99. The molecule has 1 aromatic heterocycles. The van der Waals surface area contributed by atoms with Gasteiger partial charge in [0.25, 0.3) is 0 Å². The van der Waals surface area contributed by atoms with Crippen molar-refractivity contribution in [2.24, 2.45) is 0 Å². The van der Waals surface area contributed by atoms with Crippen molar-refractivity contribution in [2.45, 2.75) is 26.7 Å². The third-order valence-corrected chi connectivity index (χ3v) is 2.07. The Morgan fingerprint density at radius 1 is 1.53 bits per heavy atom. The molecule has 0 saturated carbocycles. The van der Waals surface area contributed by atoms with Gasteiger partial charge in [-0.1, -0.05) is 26.0 Å². The van der Waals surface area contributed by atoms with Gasteiger partial charge in [-0.15, -0.1) is 0 Å². The molecule has 15 heavy (non-hydrogen) atoms. The molecule has 1 heterocycles. The predicted molar refractivity (Wildman–Crippen MR) is 64.2 cm³/mol. The zero-order chi connectivity index (χ0) is 11.4. The van der Waals surface area contributed by atoms with E-state index in [1.807, 2.05) is 26.2 Å². The third-order valence-electron chi connectivity index (χ3n) is 2.07. The van der Waals surface area contributed by atoms with Crippen LogP contribution in [0.3, 0.4) is 0 Å². The smallest absolute Gasteiger partial charge is 0.133 e. The van der Waals surface area contributed by atoms with E-state index in [2.05, 4.69) is 35.3 Å². The van der Waals surface area contributed by atoms with Crippen LogP contribution >= 0.6 is 0 Å². The van der Waals surface area contributed by atoms with Crippen LogP contribution in [0.15, 0.2) is 24.4 Å². The van der Waals surface area contributed by atoms with Gasteiger partial charge in [0.05, 0.1) is 0 Å². The quantitative estimate of drug-likeness (QED) is 0.707. The standard InChI is InChI=1S/C12H19N3/c1-9(2)8-15(5)11-6-7-13-12(14-11)10(3)4/h6-7,10H,1,8H2,2-5H3. The molecule has 0 amide bonds. The maximum atomic E-state index is 4.50. The molecule has 1 aromatic rings. The van der Waals surface area contributed by atoms with Crippen molar-refractivity contribution in [3.63, 3.8) is 0 Å². The summed E-state index contributed by atoms with van der Waals surface area (Å²) in [6, 6.07) is 1.93. The van der Waals surface area contributed by atoms with E-state index in [1.165, 1.54) is 0 Å². The molecular weight excluding hydrogens is 186 g/mol. The fourth-order valence-electron chi connectivity index (χ4n) is 1.34. The zero-order valence-corrected chi connectivity index (χ0v) is 9.99. The maximum absolute atomic E-state index is 4.50. The first-order chi connectivity index (χ1) is 7.00. The summed E-state index contributed by atoms with van der Waals surface area (Å²) in [6.45, 7) is 10.9. The van der Waals surface area contributed by atoms with Crippen LogP contribution in [0.2, 0.25) is 0 Å². The van der Waals surface area contributed by atoms with Crippen molar-refractivity contribution >= 4 is 5.82 Å². The van der Waals surface area contributed by atoms with E-state index in [4.69, 9.17) is 0 Å². The molecule has 3 nitrogen and oxygen atoms in total. The molecule has 0 unspecified atom stereocenters. The van der Waals surface area contributed by atoms with E-state index in [0.29, 0.717) is 5.92 Å². The molecule has 0 aliphatic heterocycles. The second-order valence-electron chi connectivity index (χ2n) is 4.24. The van der Waals surface area contributed by atoms with Crippen molar-refractivity contribution in [1.82, 2.24) is 9.97 Å². The van der Waals surface area contributed by atoms with Gasteiger partial charge in [0.15, 0.2) is 0 Å². The Morgan fingerprint density at radius 3 is 2.73 bits per heavy atom. The summed E-state index contributed by atoms with van der Waals surface area (Å²) in [6.07, 6.45) is 1.81. The van der Waals surface area contributed by atoms with Crippen molar-refractivity contribution in [1.29, 1.82) is 0 Å². The molecule has 3 heteroatoms. The van der Waals surface area contributed by atoms with Gasteiger partial charge in [-0.2, -0.15) is 0 Å². The Hall–Kier alpha value is -1.38. The lowest BCUT2D eigenvalue weighted by atomic mass is 10.2. The first-order valence-electron chi connectivity index (χ1n) is 5.19. The molecule has 0 aliphatic carbocycles. The average molecular weight is 205 g/mol. The van der Waals surface area contributed by atoms with Crippen LogP contribution in [-0.2, 0) is 0 Å². The summed E-state index contributed by atoms with van der Waals surface area (Å²) in [7, 11) is 2.02. The molecule has 0 fully saturated rings. The molecule has 0 atom stereocenters. The van der Waals surface area contributed by atoms with Gasteiger partial charge in [0, 0.05) is 25.7 Å². The summed E-state index contributed by atoms with van der Waals surface area (Å²) < 4.78 is 0. The van der Waals surface area contributed by atoms with Gasteiger partial charge >= 0.3 is 0 Å². The minimum absolute atomic E-state index is 0.364. The molecular formula is C12H19N3. The molecule has 0 spiro atoms.